The molecule has 16 heavy (non-hydrogen) atoms. The van der Waals surface area contributed by atoms with Gasteiger partial charge >= 0.3 is 5.97 Å². The normalized spacial score (nSPS) is 10.5. The van der Waals surface area contributed by atoms with E-state index < -0.39 is 12.6 Å². The van der Waals surface area contributed by atoms with Crippen LogP contribution in [0.15, 0.2) is 0 Å². The maximum atomic E-state index is 12.5. The molecule has 0 bridgehead atoms. The highest BCUT2D eigenvalue weighted by molar-refractivity contribution is 9.08. The SMILES string of the molecule is CCOC(=O)Cn1nc(CF)c(Cl)c1CBr. The van der Waals surface area contributed by atoms with Gasteiger partial charge in [-0.15, -0.1) is 0 Å². The Kier molecular flexibility index (Phi) is 5.21. The minimum atomic E-state index is -0.755. The number of carbonyl (C=O) groups is 1. The molecule has 0 aliphatic carbocycles. The van der Waals surface area contributed by atoms with Crippen LogP contribution in [0.4, 0.5) is 4.39 Å². The monoisotopic (exact) mass is 312 g/mol. The molecule has 90 valence electrons. The number of carbonyl (C=O) groups excluding carboxylic acids is 1. The number of ether oxygens (including phenoxy) is 1. The van der Waals surface area contributed by atoms with Crippen molar-refractivity contribution in [3.05, 3.63) is 16.4 Å². The third-order valence-electron chi connectivity index (χ3n) is 1.90. The molecule has 0 radical (unpaired) electrons. The van der Waals surface area contributed by atoms with Crippen LogP contribution < -0.4 is 0 Å². The molecule has 7 heteroatoms. The zero-order valence-electron chi connectivity index (χ0n) is 8.67. The quantitative estimate of drug-likeness (QED) is 0.619. The predicted octanol–water partition coefficient (Wildman–Crippen LogP) is 2.46. The van der Waals surface area contributed by atoms with E-state index in [9.17, 15) is 9.18 Å². The van der Waals surface area contributed by atoms with Crippen LogP contribution in [0.5, 0.6) is 0 Å². The summed E-state index contributed by atoms with van der Waals surface area (Å²) in [6.07, 6.45) is 0. The highest BCUT2D eigenvalue weighted by Gasteiger charge is 2.17. The van der Waals surface area contributed by atoms with Crippen LogP contribution >= 0.6 is 27.5 Å². The topological polar surface area (TPSA) is 44.1 Å². The summed E-state index contributed by atoms with van der Waals surface area (Å²) in [7, 11) is 0. The van der Waals surface area contributed by atoms with Crippen LogP contribution in [0.1, 0.15) is 18.3 Å². The van der Waals surface area contributed by atoms with Gasteiger partial charge in [0.15, 0.2) is 0 Å². The summed E-state index contributed by atoms with van der Waals surface area (Å²) in [5.74, 6) is -0.422. The van der Waals surface area contributed by atoms with Crippen molar-refractivity contribution in [1.82, 2.24) is 9.78 Å². The maximum absolute atomic E-state index is 12.5. The molecule has 0 saturated heterocycles. The summed E-state index contributed by atoms with van der Waals surface area (Å²) in [6, 6.07) is 0. The summed E-state index contributed by atoms with van der Waals surface area (Å²) in [4.78, 5) is 11.3. The number of hydrogen-bond donors (Lipinski definition) is 0. The predicted molar refractivity (Wildman–Crippen MR) is 61.3 cm³/mol. The highest BCUT2D eigenvalue weighted by atomic mass is 79.9. The Labute approximate surface area is 106 Å². The molecule has 0 aromatic carbocycles. The van der Waals surface area contributed by atoms with Crippen LogP contribution in [0, 0.1) is 0 Å². The first-order chi connectivity index (χ1) is 7.63. The maximum Gasteiger partial charge on any atom is 0.327 e. The first kappa shape index (κ1) is 13.4. The molecule has 0 aliphatic rings. The zero-order valence-corrected chi connectivity index (χ0v) is 11.0. The minimum Gasteiger partial charge on any atom is -0.465 e. The molecule has 1 aromatic rings. The number of halogens is 3. The van der Waals surface area contributed by atoms with Crippen molar-refractivity contribution in [2.24, 2.45) is 0 Å². The largest absolute Gasteiger partial charge is 0.465 e. The van der Waals surface area contributed by atoms with Crippen LogP contribution in [0.25, 0.3) is 0 Å². The van der Waals surface area contributed by atoms with E-state index in [1.54, 1.807) is 6.92 Å². The molecule has 0 fully saturated rings. The van der Waals surface area contributed by atoms with Crippen molar-refractivity contribution in [3.8, 4) is 0 Å². The van der Waals surface area contributed by atoms with Gasteiger partial charge in [-0.3, -0.25) is 9.48 Å². The van der Waals surface area contributed by atoms with Gasteiger partial charge in [0.05, 0.1) is 17.3 Å². The number of alkyl halides is 2. The Morgan fingerprint density at radius 3 is 2.88 bits per heavy atom. The molecule has 4 nitrogen and oxygen atoms in total. The Bertz CT molecular complexity index is 384. The van der Waals surface area contributed by atoms with Gasteiger partial charge in [-0.05, 0) is 6.92 Å². The van der Waals surface area contributed by atoms with Crippen molar-refractivity contribution < 1.29 is 13.9 Å². The van der Waals surface area contributed by atoms with Gasteiger partial charge in [-0.1, -0.05) is 27.5 Å². The standard InChI is InChI=1S/C9H11BrClFN2O2/c1-2-16-8(15)5-14-7(3-10)9(11)6(4-12)13-14/h2-5H2,1H3. The van der Waals surface area contributed by atoms with Crippen LogP contribution in [0.3, 0.4) is 0 Å². The average Bonchev–Trinajstić information content (AvgIpc) is 2.54. The summed E-state index contributed by atoms with van der Waals surface area (Å²) < 4.78 is 18.6. The van der Waals surface area contributed by atoms with Crippen molar-refractivity contribution in [3.63, 3.8) is 0 Å². The summed E-state index contributed by atoms with van der Waals surface area (Å²) in [6.45, 7) is 1.20. The molecule has 0 N–H and O–H groups in total. The first-order valence-electron chi connectivity index (χ1n) is 4.65. The third-order valence-corrected chi connectivity index (χ3v) is 2.86. The zero-order chi connectivity index (χ0) is 12.1. The molecule has 0 spiro atoms. The molecule has 0 aliphatic heterocycles. The average molecular weight is 314 g/mol. The van der Waals surface area contributed by atoms with E-state index in [0.717, 1.165) is 0 Å². The van der Waals surface area contributed by atoms with Gasteiger partial charge in [-0.25, -0.2) is 4.39 Å². The highest BCUT2D eigenvalue weighted by Crippen LogP contribution is 2.23. The number of aromatic nitrogens is 2. The Morgan fingerprint density at radius 2 is 2.38 bits per heavy atom. The molecular formula is C9H11BrClFN2O2. The van der Waals surface area contributed by atoms with E-state index >= 15 is 0 Å². The fourth-order valence-electron chi connectivity index (χ4n) is 1.20. The van der Waals surface area contributed by atoms with Gasteiger partial charge in [0.2, 0.25) is 0 Å². The molecular weight excluding hydrogens is 302 g/mol. The lowest BCUT2D eigenvalue weighted by Gasteiger charge is -2.04. The van der Waals surface area contributed by atoms with E-state index in [0.29, 0.717) is 17.6 Å². The first-order valence-corrected chi connectivity index (χ1v) is 6.15. The molecule has 0 saturated carbocycles. The molecule has 0 amide bonds. The lowest BCUT2D eigenvalue weighted by Crippen LogP contribution is -2.16. The van der Waals surface area contributed by atoms with E-state index in [-0.39, 0.29) is 17.3 Å². The number of rotatable bonds is 5. The molecule has 1 rings (SSSR count). The molecule has 0 atom stereocenters. The van der Waals surface area contributed by atoms with Crippen LogP contribution in [-0.2, 0) is 28.1 Å². The van der Waals surface area contributed by atoms with Crippen molar-refractivity contribution in [1.29, 1.82) is 0 Å². The second-order valence-corrected chi connectivity index (χ2v) is 3.88. The van der Waals surface area contributed by atoms with Gasteiger partial charge < -0.3 is 4.74 Å². The van der Waals surface area contributed by atoms with Crippen molar-refractivity contribution in [2.45, 2.75) is 25.5 Å². The fourth-order valence-corrected chi connectivity index (χ4v) is 2.19. The van der Waals surface area contributed by atoms with Crippen molar-refractivity contribution in [2.75, 3.05) is 6.61 Å². The Morgan fingerprint density at radius 1 is 1.69 bits per heavy atom. The number of esters is 1. The summed E-state index contributed by atoms with van der Waals surface area (Å²) in [5, 5.41) is 4.55. The smallest absolute Gasteiger partial charge is 0.327 e. The second kappa shape index (κ2) is 6.20. The lowest BCUT2D eigenvalue weighted by atomic mass is 10.4. The van der Waals surface area contributed by atoms with E-state index in [1.165, 1.54) is 4.68 Å². The van der Waals surface area contributed by atoms with Crippen molar-refractivity contribution >= 4 is 33.5 Å². The van der Waals surface area contributed by atoms with Crippen LogP contribution in [-0.4, -0.2) is 22.4 Å². The van der Waals surface area contributed by atoms with Gasteiger partial charge in [0, 0.05) is 5.33 Å². The van der Waals surface area contributed by atoms with E-state index in [4.69, 9.17) is 16.3 Å². The number of nitrogens with zero attached hydrogens (tertiary/aromatic N) is 2. The van der Waals surface area contributed by atoms with E-state index in [2.05, 4.69) is 21.0 Å². The van der Waals surface area contributed by atoms with Gasteiger partial charge in [0.1, 0.15) is 18.9 Å². The summed E-state index contributed by atoms with van der Waals surface area (Å²) in [5.41, 5.74) is 0.711. The Hall–Kier alpha value is -0.620. The summed E-state index contributed by atoms with van der Waals surface area (Å²) >= 11 is 9.10. The van der Waals surface area contributed by atoms with E-state index in [1.807, 2.05) is 0 Å². The third kappa shape index (κ3) is 2.95. The fraction of sp³-hybridized carbons (Fsp3) is 0.556. The van der Waals surface area contributed by atoms with Crippen LogP contribution in [0.2, 0.25) is 5.02 Å². The molecule has 0 unspecified atom stereocenters. The minimum absolute atomic E-state index is 0.0610. The number of hydrogen-bond acceptors (Lipinski definition) is 3. The molecule has 1 aromatic heterocycles. The molecule has 1 heterocycles. The Balaban J connectivity index is 2.90. The lowest BCUT2D eigenvalue weighted by molar-refractivity contribution is -0.144. The second-order valence-electron chi connectivity index (χ2n) is 2.94. The van der Waals surface area contributed by atoms with Gasteiger partial charge in [-0.2, -0.15) is 5.10 Å². The van der Waals surface area contributed by atoms with Gasteiger partial charge in [0.25, 0.3) is 0 Å².